The number of thiocarbonyl (C=S) groups is 1. The molecule has 4 heterocycles. The highest BCUT2D eigenvalue weighted by Gasteiger charge is 2.32. The van der Waals surface area contributed by atoms with Gasteiger partial charge < -0.3 is 9.64 Å². The number of amides is 1. The van der Waals surface area contributed by atoms with E-state index in [0.29, 0.717) is 45.8 Å². The molecule has 0 radical (unpaired) electrons. The minimum Gasteiger partial charge on any atom is -0.385 e. The van der Waals surface area contributed by atoms with Crippen molar-refractivity contribution >= 4 is 51.7 Å². The quantitative estimate of drug-likeness (QED) is 0.386. The van der Waals surface area contributed by atoms with E-state index < -0.39 is 0 Å². The molecular formula is C21H24N4O3S2. The Hall–Kier alpha value is -2.23. The third-order valence-corrected chi connectivity index (χ3v) is 6.73. The third-order valence-electron chi connectivity index (χ3n) is 5.35. The zero-order chi connectivity index (χ0) is 21.3. The Balaban J connectivity index is 1.79. The van der Waals surface area contributed by atoms with Crippen LogP contribution in [0.3, 0.4) is 0 Å². The highest BCUT2D eigenvalue weighted by molar-refractivity contribution is 8.26. The van der Waals surface area contributed by atoms with Crippen LogP contribution < -0.4 is 10.5 Å². The smallest absolute Gasteiger partial charge is 0.267 e. The number of pyridine rings is 1. The fourth-order valence-electron chi connectivity index (χ4n) is 3.79. The van der Waals surface area contributed by atoms with Gasteiger partial charge in [0.1, 0.15) is 15.8 Å². The third kappa shape index (κ3) is 3.89. The van der Waals surface area contributed by atoms with E-state index in [-0.39, 0.29) is 11.5 Å². The Bertz CT molecular complexity index is 1090. The van der Waals surface area contributed by atoms with Gasteiger partial charge in [-0.15, -0.1) is 0 Å². The first kappa shape index (κ1) is 21.0. The molecule has 2 aliphatic heterocycles. The molecule has 0 bridgehead atoms. The number of carbonyl (C=O) groups is 1. The molecule has 158 valence electrons. The summed E-state index contributed by atoms with van der Waals surface area (Å²) in [5.74, 6) is 0.485. The van der Waals surface area contributed by atoms with Gasteiger partial charge in [0, 0.05) is 39.5 Å². The average Bonchev–Trinajstić information content (AvgIpc) is 3.35. The van der Waals surface area contributed by atoms with Crippen molar-refractivity contribution in [2.75, 3.05) is 38.3 Å². The van der Waals surface area contributed by atoms with E-state index in [0.717, 1.165) is 31.5 Å². The Kier molecular flexibility index (Phi) is 6.21. The normalized spacial score (nSPS) is 18.4. The van der Waals surface area contributed by atoms with Crippen LogP contribution in [0.4, 0.5) is 5.82 Å². The van der Waals surface area contributed by atoms with E-state index in [1.807, 2.05) is 19.1 Å². The summed E-state index contributed by atoms with van der Waals surface area (Å²) in [5, 5.41) is 0. The van der Waals surface area contributed by atoms with Crippen molar-refractivity contribution < 1.29 is 9.53 Å². The number of ether oxygens (including phenoxy) is 1. The lowest BCUT2D eigenvalue weighted by Gasteiger charge is -2.20. The molecule has 0 atom stereocenters. The standard InChI is InChI=1S/C21H24N4O3S2/c1-14-7-5-10-24-17(14)22-18(23-8-3-4-9-23)15(19(24)26)13-16-20(27)25(21(29)30-16)11-6-12-28-2/h5,7,10,13H,3-4,6,8-9,11-12H2,1-2H3. The van der Waals surface area contributed by atoms with E-state index in [1.54, 1.807) is 28.7 Å². The van der Waals surface area contributed by atoms with E-state index in [1.165, 1.54) is 11.8 Å². The molecule has 2 saturated heterocycles. The molecule has 2 aromatic rings. The van der Waals surface area contributed by atoms with Gasteiger partial charge in [-0.2, -0.15) is 0 Å². The fraction of sp³-hybridized carbons (Fsp3) is 0.429. The number of methoxy groups -OCH3 is 1. The lowest BCUT2D eigenvalue weighted by Crippen LogP contribution is -2.30. The van der Waals surface area contributed by atoms with Gasteiger partial charge in [0.2, 0.25) is 0 Å². The monoisotopic (exact) mass is 444 g/mol. The molecule has 0 aromatic carbocycles. The molecule has 0 aliphatic carbocycles. The van der Waals surface area contributed by atoms with Gasteiger partial charge in [-0.25, -0.2) is 4.98 Å². The molecule has 1 amide bonds. The van der Waals surface area contributed by atoms with Crippen molar-refractivity contribution in [3.63, 3.8) is 0 Å². The van der Waals surface area contributed by atoms with E-state index in [2.05, 4.69) is 4.90 Å². The molecule has 0 spiro atoms. The fourth-order valence-corrected chi connectivity index (χ4v) is 5.08. The predicted octanol–water partition coefficient (Wildman–Crippen LogP) is 2.84. The zero-order valence-electron chi connectivity index (χ0n) is 17.1. The molecule has 0 N–H and O–H groups in total. The van der Waals surface area contributed by atoms with Gasteiger partial charge in [0.15, 0.2) is 0 Å². The van der Waals surface area contributed by atoms with Crippen molar-refractivity contribution in [3.05, 3.63) is 44.7 Å². The van der Waals surface area contributed by atoms with Gasteiger partial charge in [0.05, 0.1) is 10.5 Å². The number of hydrogen-bond donors (Lipinski definition) is 0. The van der Waals surface area contributed by atoms with Crippen LogP contribution in [0.5, 0.6) is 0 Å². The Morgan fingerprint density at radius 1 is 1.30 bits per heavy atom. The molecule has 2 fully saturated rings. The summed E-state index contributed by atoms with van der Waals surface area (Å²) >= 11 is 6.64. The summed E-state index contributed by atoms with van der Waals surface area (Å²) in [6, 6.07) is 3.78. The van der Waals surface area contributed by atoms with Crippen molar-refractivity contribution in [2.45, 2.75) is 26.2 Å². The van der Waals surface area contributed by atoms with E-state index in [9.17, 15) is 9.59 Å². The Morgan fingerprint density at radius 2 is 2.07 bits per heavy atom. The highest BCUT2D eigenvalue weighted by atomic mass is 32.2. The van der Waals surface area contributed by atoms with Gasteiger partial charge in [0.25, 0.3) is 11.5 Å². The number of rotatable bonds is 6. The summed E-state index contributed by atoms with van der Waals surface area (Å²) in [4.78, 5) is 35.4. The second kappa shape index (κ2) is 8.87. The number of hydrogen-bond acceptors (Lipinski definition) is 7. The molecule has 2 aliphatic rings. The molecule has 0 unspecified atom stereocenters. The predicted molar refractivity (Wildman–Crippen MR) is 124 cm³/mol. The van der Waals surface area contributed by atoms with Gasteiger partial charge in [-0.05, 0) is 43.9 Å². The van der Waals surface area contributed by atoms with Gasteiger partial charge in [-0.1, -0.05) is 30.0 Å². The molecule has 9 heteroatoms. The highest BCUT2D eigenvalue weighted by Crippen LogP contribution is 2.34. The molecule has 30 heavy (non-hydrogen) atoms. The SMILES string of the molecule is COCCCN1C(=O)C(=Cc2c(N3CCCC3)nc3c(C)cccn3c2=O)SC1=S. The van der Waals surface area contributed by atoms with Crippen LogP contribution in [0.25, 0.3) is 11.7 Å². The topological polar surface area (TPSA) is 67.2 Å². The molecule has 4 rings (SSSR count). The molecule has 0 saturated carbocycles. The summed E-state index contributed by atoms with van der Waals surface area (Å²) < 4.78 is 7.14. The molecule has 7 nitrogen and oxygen atoms in total. The van der Waals surface area contributed by atoms with Crippen LogP contribution in [0.2, 0.25) is 0 Å². The van der Waals surface area contributed by atoms with E-state index >= 15 is 0 Å². The minimum atomic E-state index is -0.171. The van der Waals surface area contributed by atoms with Gasteiger partial charge in [-0.3, -0.25) is 18.9 Å². The lowest BCUT2D eigenvalue weighted by molar-refractivity contribution is -0.122. The van der Waals surface area contributed by atoms with Crippen molar-refractivity contribution in [2.24, 2.45) is 0 Å². The van der Waals surface area contributed by atoms with Crippen LogP contribution >= 0.6 is 24.0 Å². The van der Waals surface area contributed by atoms with Crippen LogP contribution in [0, 0.1) is 6.92 Å². The summed E-state index contributed by atoms with van der Waals surface area (Å²) in [6.07, 6.45) is 6.23. The first-order chi connectivity index (χ1) is 14.5. The number of fused-ring (bicyclic) bond motifs is 1. The maximum absolute atomic E-state index is 13.4. The zero-order valence-corrected chi connectivity index (χ0v) is 18.7. The second-order valence-corrected chi connectivity index (χ2v) is 9.09. The molecule has 2 aromatic heterocycles. The summed E-state index contributed by atoms with van der Waals surface area (Å²) in [6.45, 7) is 4.72. The number of anilines is 1. The van der Waals surface area contributed by atoms with Crippen molar-refractivity contribution in [3.8, 4) is 0 Å². The first-order valence-electron chi connectivity index (χ1n) is 10.0. The summed E-state index contributed by atoms with van der Waals surface area (Å²) in [7, 11) is 1.63. The minimum absolute atomic E-state index is 0.165. The van der Waals surface area contributed by atoms with E-state index in [4.69, 9.17) is 21.9 Å². The number of aryl methyl sites for hydroxylation is 1. The van der Waals surface area contributed by atoms with Crippen LogP contribution in [0.1, 0.15) is 30.4 Å². The van der Waals surface area contributed by atoms with Crippen LogP contribution in [0.15, 0.2) is 28.0 Å². The molecular weight excluding hydrogens is 420 g/mol. The maximum atomic E-state index is 13.4. The number of aromatic nitrogens is 2. The summed E-state index contributed by atoms with van der Waals surface area (Å²) in [5.41, 5.74) is 1.85. The van der Waals surface area contributed by atoms with Crippen LogP contribution in [-0.4, -0.2) is 57.9 Å². The Labute approximate surface area is 184 Å². The van der Waals surface area contributed by atoms with Gasteiger partial charge >= 0.3 is 0 Å². The number of carbonyl (C=O) groups excluding carboxylic acids is 1. The van der Waals surface area contributed by atoms with Crippen molar-refractivity contribution in [1.29, 1.82) is 0 Å². The lowest BCUT2D eigenvalue weighted by atomic mass is 10.2. The Morgan fingerprint density at radius 3 is 2.80 bits per heavy atom. The average molecular weight is 445 g/mol. The maximum Gasteiger partial charge on any atom is 0.267 e. The number of thioether (sulfide) groups is 1. The largest absolute Gasteiger partial charge is 0.385 e. The van der Waals surface area contributed by atoms with Crippen molar-refractivity contribution in [1.82, 2.24) is 14.3 Å². The first-order valence-corrected chi connectivity index (χ1v) is 11.2. The van der Waals surface area contributed by atoms with Crippen LogP contribution in [-0.2, 0) is 9.53 Å². The second-order valence-electron chi connectivity index (χ2n) is 7.41. The number of nitrogens with zero attached hydrogens (tertiary/aromatic N) is 4.